The van der Waals surface area contributed by atoms with Crippen LogP contribution in [-0.2, 0) is 0 Å². The lowest BCUT2D eigenvalue weighted by molar-refractivity contribution is 0.0697. The zero-order chi connectivity index (χ0) is 18.8. The van der Waals surface area contributed by atoms with Gasteiger partial charge in [0.2, 0.25) is 0 Å². The fourth-order valence-corrected chi connectivity index (χ4v) is 3.26. The van der Waals surface area contributed by atoms with E-state index in [0.29, 0.717) is 0 Å². The highest BCUT2D eigenvalue weighted by atomic mass is 35.5. The number of halogens is 1. The highest BCUT2D eigenvalue weighted by Crippen LogP contribution is 2.26. The summed E-state index contributed by atoms with van der Waals surface area (Å²) in [5.41, 5.74) is 4.50. The quantitative estimate of drug-likeness (QED) is 0.462. The van der Waals surface area contributed by atoms with Crippen LogP contribution in [0.3, 0.4) is 0 Å². The molecule has 0 aliphatic carbocycles. The highest BCUT2D eigenvalue weighted by Gasteiger charge is 2.14. The Bertz CT molecular complexity index is 1020. The maximum absolute atomic E-state index is 11.3. The summed E-state index contributed by atoms with van der Waals surface area (Å²) in [4.78, 5) is 16.7. The topological polar surface area (TPSA) is 54.6 Å². The highest BCUT2D eigenvalue weighted by molar-refractivity contribution is 7.80. The molecule has 1 heterocycles. The Morgan fingerprint density at radius 2 is 1.92 bits per heavy atom. The summed E-state index contributed by atoms with van der Waals surface area (Å²) < 4.78 is 1.98. The van der Waals surface area contributed by atoms with Crippen molar-refractivity contribution < 1.29 is 9.90 Å². The van der Waals surface area contributed by atoms with Gasteiger partial charge in [0.1, 0.15) is 0 Å². The summed E-state index contributed by atoms with van der Waals surface area (Å²) in [6.45, 7) is 3.93. The normalized spacial score (nSPS) is 11.2. The molecule has 3 rings (SSSR count). The Balaban J connectivity index is 2.03. The van der Waals surface area contributed by atoms with Crippen molar-refractivity contribution in [3.8, 4) is 5.69 Å². The van der Waals surface area contributed by atoms with E-state index in [1.54, 1.807) is 24.4 Å². The van der Waals surface area contributed by atoms with Gasteiger partial charge in [0, 0.05) is 33.7 Å². The van der Waals surface area contributed by atoms with Crippen molar-refractivity contribution in [3.63, 3.8) is 0 Å². The van der Waals surface area contributed by atoms with Gasteiger partial charge in [0.15, 0.2) is 0 Å². The van der Waals surface area contributed by atoms with Crippen molar-refractivity contribution in [1.82, 2.24) is 4.57 Å². The molecule has 3 aromatic rings. The predicted molar refractivity (Wildman–Crippen MR) is 108 cm³/mol. The van der Waals surface area contributed by atoms with Gasteiger partial charge in [-0.25, -0.2) is 4.79 Å². The Morgan fingerprint density at radius 3 is 2.62 bits per heavy atom. The second-order valence-corrected chi connectivity index (χ2v) is 6.77. The number of aromatic nitrogens is 1. The van der Waals surface area contributed by atoms with Crippen molar-refractivity contribution >= 4 is 42.1 Å². The molecule has 0 saturated carbocycles. The minimum absolute atomic E-state index is 0.0795. The van der Waals surface area contributed by atoms with Crippen LogP contribution in [0.25, 0.3) is 5.69 Å². The summed E-state index contributed by atoms with van der Waals surface area (Å²) in [5.74, 6) is -1.05. The van der Waals surface area contributed by atoms with E-state index >= 15 is 0 Å². The summed E-state index contributed by atoms with van der Waals surface area (Å²) in [7, 11) is 0. The summed E-state index contributed by atoms with van der Waals surface area (Å²) in [6, 6.07) is 14.6. The number of nitrogens with zero attached hydrogens (tertiary/aromatic N) is 2. The van der Waals surface area contributed by atoms with E-state index in [4.69, 9.17) is 11.6 Å². The van der Waals surface area contributed by atoms with Crippen molar-refractivity contribution in [2.75, 3.05) is 0 Å². The predicted octanol–water partition coefficient (Wildman–Crippen LogP) is 5.49. The Kier molecular flexibility index (Phi) is 5.20. The minimum Gasteiger partial charge on any atom is -0.478 e. The molecule has 0 aliphatic rings. The van der Waals surface area contributed by atoms with Crippen LogP contribution in [-0.4, -0.2) is 21.9 Å². The number of carboxylic acids is 1. The van der Waals surface area contributed by atoms with Crippen molar-refractivity contribution in [2.24, 2.45) is 4.99 Å². The molecule has 0 bridgehead atoms. The lowest BCUT2D eigenvalue weighted by atomic mass is 10.2. The number of benzene rings is 2. The molecule has 0 radical (unpaired) electrons. The lowest BCUT2D eigenvalue weighted by Crippen LogP contribution is -2.03. The van der Waals surface area contributed by atoms with Gasteiger partial charge >= 0.3 is 5.97 Å². The molecule has 0 spiro atoms. The second-order valence-electron chi connectivity index (χ2n) is 5.88. The Hall–Kier alpha value is -2.50. The molecule has 26 heavy (non-hydrogen) atoms. The van der Waals surface area contributed by atoms with Gasteiger partial charge in [-0.3, -0.25) is 4.99 Å². The van der Waals surface area contributed by atoms with Crippen LogP contribution in [0.15, 0.2) is 58.4 Å². The number of carbonyl (C=O) groups is 1. The van der Waals surface area contributed by atoms with E-state index in [1.807, 2.05) is 48.7 Å². The van der Waals surface area contributed by atoms with Crippen LogP contribution in [0.1, 0.15) is 27.3 Å². The largest absolute Gasteiger partial charge is 0.478 e. The van der Waals surface area contributed by atoms with Gasteiger partial charge in [0.25, 0.3) is 0 Å². The SMILES string of the molecule is Cc1cc(C=Nc2ccccc2S)c(C)n1-c1ccc(Cl)c(C(=O)O)c1. The third-order valence-electron chi connectivity index (χ3n) is 4.13. The van der Waals surface area contributed by atoms with Crippen molar-refractivity contribution in [2.45, 2.75) is 18.7 Å². The molecule has 1 aromatic heterocycles. The number of hydrogen-bond acceptors (Lipinski definition) is 3. The van der Waals surface area contributed by atoms with E-state index in [9.17, 15) is 9.90 Å². The first kappa shape index (κ1) is 18.3. The number of aryl methyl sites for hydroxylation is 1. The maximum Gasteiger partial charge on any atom is 0.337 e. The summed E-state index contributed by atoms with van der Waals surface area (Å²) in [5, 5.41) is 9.51. The molecule has 6 heteroatoms. The van der Waals surface area contributed by atoms with Gasteiger partial charge < -0.3 is 9.67 Å². The van der Waals surface area contributed by atoms with Gasteiger partial charge in [-0.05, 0) is 50.2 Å². The molecular weight excluding hydrogens is 368 g/mol. The molecule has 2 aromatic carbocycles. The number of rotatable bonds is 4. The molecule has 0 amide bonds. The van der Waals surface area contributed by atoms with Crippen LogP contribution >= 0.6 is 24.2 Å². The second kappa shape index (κ2) is 7.40. The van der Waals surface area contributed by atoms with Crippen molar-refractivity contribution in [1.29, 1.82) is 0 Å². The standard InChI is InChI=1S/C20H17ClN2O2S/c1-12-9-14(11-22-18-5-3-4-6-19(18)26)13(2)23(12)15-7-8-17(21)16(10-15)20(24)25/h3-11,26H,1-2H3,(H,24,25). The van der Waals surface area contributed by atoms with E-state index < -0.39 is 5.97 Å². The number of hydrogen-bond donors (Lipinski definition) is 2. The number of aliphatic imine (C=N–C) groups is 1. The summed E-state index contributed by atoms with van der Waals surface area (Å²) >= 11 is 10.4. The van der Waals surface area contributed by atoms with Crippen LogP contribution in [0, 0.1) is 13.8 Å². The van der Waals surface area contributed by atoms with E-state index in [0.717, 1.165) is 33.2 Å². The fourth-order valence-electron chi connectivity index (χ4n) is 2.84. The van der Waals surface area contributed by atoms with Gasteiger partial charge in [-0.15, -0.1) is 12.6 Å². The molecule has 0 aliphatic heterocycles. The van der Waals surface area contributed by atoms with Crippen LogP contribution < -0.4 is 0 Å². The first-order chi connectivity index (χ1) is 12.4. The van der Waals surface area contributed by atoms with E-state index in [-0.39, 0.29) is 10.6 Å². The molecule has 0 saturated heterocycles. The average molecular weight is 385 g/mol. The molecule has 0 fully saturated rings. The molecule has 1 N–H and O–H groups in total. The Labute approximate surface area is 162 Å². The van der Waals surface area contributed by atoms with Crippen LogP contribution in [0.4, 0.5) is 5.69 Å². The number of para-hydroxylation sites is 1. The smallest absolute Gasteiger partial charge is 0.337 e. The molecule has 0 atom stereocenters. The lowest BCUT2D eigenvalue weighted by Gasteiger charge is -2.11. The van der Waals surface area contributed by atoms with Gasteiger partial charge in [-0.1, -0.05) is 23.7 Å². The third-order valence-corrected chi connectivity index (χ3v) is 4.84. The number of aromatic carboxylic acids is 1. The van der Waals surface area contributed by atoms with E-state index in [1.165, 1.54) is 0 Å². The fraction of sp³-hybridized carbons (Fsp3) is 0.100. The van der Waals surface area contributed by atoms with Crippen LogP contribution in [0.5, 0.6) is 0 Å². The minimum atomic E-state index is -1.05. The molecule has 0 unspecified atom stereocenters. The maximum atomic E-state index is 11.3. The van der Waals surface area contributed by atoms with Gasteiger partial charge in [0.05, 0.1) is 16.3 Å². The summed E-state index contributed by atoms with van der Waals surface area (Å²) in [6.07, 6.45) is 1.79. The molecule has 4 nitrogen and oxygen atoms in total. The van der Waals surface area contributed by atoms with Crippen molar-refractivity contribution in [3.05, 3.63) is 76.1 Å². The molecule has 132 valence electrons. The van der Waals surface area contributed by atoms with Crippen LogP contribution in [0.2, 0.25) is 5.02 Å². The molecular formula is C20H17ClN2O2S. The van der Waals surface area contributed by atoms with Gasteiger partial charge in [-0.2, -0.15) is 0 Å². The third kappa shape index (κ3) is 3.54. The monoisotopic (exact) mass is 384 g/mol. The zero-order valence-electron chi connectivity index (χ0n) is 14.3. The van der Waals surface area contributed by atoms with E-state index in [2.05, 4.69) is 17.6 Å². The first-order valence-corrected chi connectivity index (χ1v) is 8.75. The number of carboxylic acid groups (broad SMARTS) is 1. The average Bonchev–Trinajstić information content (AvgIpc) is 2.88. The number of thiol groups is 1. The Morgan fingerprint density at radius 1 is 1.19 bits per heavy atom. The zero-order valence-corrected chi connectivity index (χ0v) is 15.9. The first-order valence-electron chi connectivity index (χ1n) is 7.92.